The minimum absolute atomic E-state index is 0.0854. The first-order chi connectivity index (χ1) is 7.50. The summed E-state index contributed by atoms with van der Waals surface area (Å²) < 4.78 is 4.98. The van der Waals surface area contributed by atoms with Crippen molar-refractivity contribution < 1.29 is 9.84 Å². The maximum absolute atomic E-state index is 9.11. The molecule has 0 saturated heterocycles. The molecule has 90 valence electrons. The number of hydrogen-bond acceptors (Lipinski definition) is 6. The van der Waals surface area contributed by atoms with E-state index in [1.807, 2.05) is 13.8 Å². The molecular weight excluding hydrogens is 208 g/mol. The number of nitrogens with zero attached hydrogens (tertiary/aromatic N) is 2. The number of methoxy groups -OCH3 is 1. The van der Waals surface area contributed by atoms with E-state index in [4.69, 9.17) is 15.6 Å². The number of rotatable bonds is 5. The van der Waals surface area contributed by atoms with Crippen LogP contribution in [0.3, 0.4) is 0 Å². The van der Waals surface area contributed by atoms with E-state index in [1.54, 1.807) is 0 Å². The first kappa shape index (κ1) is 12.5. The molecule has 0 radical (unpaired) electrons. The number of nitrogen functional groups attached to an aromatic ring is 1. The Morgan fingerprint density at radius 3 is 2.75 bits per heavy atom. The van der Waals surface area contributed by atoms with Crippen LogP contribution in [0.25, 0.3) is 0 Å². The average molecular weight is 226 g/mol. The topological polar surface area (TPSA) is 93.3 Å². The molecule has 0 spiro atoms. The summed E-state index contributed by atoms with van der Waals surface area (Å²) >= 11 is 0. The number of ether oxygens (including phenoxy) is 1. The van der Waals surface area contributed by atoms with Crippen molar-refractivity contribution >= 4 is 11.5 Å². The normalized spacial score (nSPS) is 11.2. The van der Waals surface area contributed by atoms with E-state index in [0.717, 1.165) is 0 Å². The molecule has 4 N–H and O–H groups in total. The number of hydrogen-bond donors (Lipinski definition) is 3. The highest BCUT2D eigenvalue weighted by atomic mass is 16.5. The van der Waals surface area contributed by atoms with Gasteiger partial charge in [-0.1, -0.05) is 13.8 Å². The van der Waals surface area contributed by atoms with Crippen LogP contribution in [0, 0.1) is 5.41 Å². The Balaban J connectivity index is 2.75. The summed E-state index contributed by atoms with van der Waals surface area (Å²) in [6.45, 7) is 4.53. The van der Waals surface area contributed by atoms with Gasteiger partial charge in [0.05, 0.1) is 7.11 Å². The molecular formula is C10H18N4O2. The highest BCUT2D eigenvalue weighted by Gasteiger charge is 2.17. The molecule has 0 bridgehead atoms. The van der Waals surface area contributed by atoms with Crippen molar-refractivity contribution in [2.24, 2.45) is 5.41 Å². The minimum atomic E-state index is -0.232. The summed E-state index contributed by atoms with van der Waals surface area (Å²) in [5, 5.41) is 12.2. The maximum Gasteiger partial charge on any atom is 0.242 e. The second kappa shape index (κ2) is 4.98. The van der Waals surface area contributed by atoms with Crippen molar-refractivity contribution in [1.29, 1.82) is 0 Å². The molecule has 1 aromatic heterocycles. The van der Waals surface area contributed by atoms with E-state index >= 15 is 0 Å². The van der Waals surface area contributed by atoms with Crippen LogP contribution in [0.4, 0.5) is 11.5 Å². The van der Waals surface area contributed by atoms with Gasteiger partial charge in [0.1, 0.15) is 12.0 Å². The molecule has 6 nitrogen and oxygen atoms in total. The van der Waals surface area contributed by atoms with Crippen molar-refractivity contribution in [2.45, 2.75) is 13.8 Å². The zero-order chi connectivity index (χ0) is 12.2. The summed E-state index contributed by atoms with van der Waals surface area (Å²) in [5.41, 5.74) is 5.93. The van der Waals surface area contributed by atoms with E-state index in [2.05, 4.69) is 15.3 Å². The lowest BCUT2D eigenvalue weighted by Crippen LogP contribution is -2.27. The Hall–Kier alpha value is -1.56. The highest BCUT2D eigenvalue weighted by molar-refractivity contribution is 5.66. The second-order valence-corrected chi connectivity index (χ2v) is 4.32. The fourth-order valence-corrected chi connectivity index (χ4v) is 1.06. The molecule has 0 aromatic carbocycles. The first-order valence-corrected chi connectivity index (χ1v) is 4.99. The van der Waals surface area contributed by atoms with Gasteiger partial charge in [-0.05, 0) is 0 Å². The van der Waals surface area contributed by atoms with Crippen LogP contribution in [0.5, 0.6) is 5.88 Å². The number of nitrogens with two attached hydrogens (primary N) is 1. The lowest BCUT2D eigenvalue weighted by Gasteiger charge is -2.22. The number of nitrogens with one attached hydrogen (secondary N) is 1. The fraction of sp³-hybridized carbons (Fsp3) is 0.600. The van der Waals surface area contributed by atoms with Gasteiger partial charge in [0.2, 0.25) is 5.88 Å². The number of aliphatic hydroxyl groups excluding tert-OH is 1. The second-order valence-electron chi connectivity index (χ2n) is 4.32. The lowest BCUT2D eigenvalue weighted by atomic mass is 9.95. The molecule has 0 aliphatic heterocycles. The Kier molecular flexibility index (Phi) is 3.89. The van der Waals surface area contributed by atoms with Crippen LogP contribution in [-0.4, -0.2) is 35.3 Å². The summed E-state index contributed by atoms with van der Waals surface area (Å²) in [5.74, 6) is 0.868. The number of anilines is 2. The van der Waals surface area contributed by atoms with Gasteiger partial charge in [-0.2, -0.15) is 4.98 Å². The molecule has 1 aromatic rings. The number of aliphatic hydroxyl groups is 1. The van der Waals surface area contributed by atoms with E-state index in [-0.39, 0.29) is 12.0 Å². The molecule has 0 atom stereocenters. The first-order valence-electron chi connectivity index (χ1n) is 4.99. The molecule has 0 amide bonds. The third-order valence-corrected chi connectivity index (χ3v) is 2.20. The van der Waals surface area contributed by atoms with E-state index in [0.29, 0.717) is 23.9 Å². The van der Waals surface area contributed by atoms with Gasteiger partial charge in [0.25, 0.3) is 0 Å². The number of aromatic nitrogens is 2. The fourth-order valence-electron chi connectivity index (χ4n) is 1.06. The molecule has 0 aliphatic carbocycles. The Morgan fingerprint density at radius 1 is 1.50 bits per heavy atom. The summed E-state index contributed by atoms with van der Waals surface area (Å²) in [6.07, 6.45) is 1.38. The van der Waals surface area contributed by atoms with Crippen LogP contribution >= 0.6 is 0 Å². The van der Waals surface area contributed by atoms with Gasteiger partial charge in [-0.3, -0.25) is 0 Å². The SMILES string of the molecule is COc1ncnc(NCC(C)(C)CO)c1N. The van der Waals surface area contributed by atoms with Crippen molar-refractivity contribution in [1.82, 2.24) is 9.97 Å². The van der Waals surface area contributed by atoms with Crippen LogP contribution in [0.15, 0.2) is 6.33 Å². The van der Waals surface area contributed by atoms with Crippen LogP contribution in [-0.2, 0) is 0 Å². The average Bonchev–Trinajstić information content (AvgIpc) is 2.28. The maximum atomic E-state index is 9.11. The minimum Gasteiger partial charge on any atom is -0.479 e. The van der Waals surface area contributed by atoms with Gasteiger partial charge < -0.3 is 20.9 Å². The van der Waals surface area contributed by atoms with Crippen molar-refractivity contribution in [3.8, 4) is 5.88 Å². The quantitative estimate of drug-likeness (QED) is 0.677. The Bertz CT molecular complexity index is 355. The van der Waals surface area contributed by atoms with Crippen molar-refractivity contribution in [3.05, 3.63) is 6.33 Å². The smallest absolute Gasteiger partial charge is 0.242 e. The molecule has 16 heavy (non-hydrogen) atoms. The van der Waals surface area contributed by atoms with Crippen molar-refractivity contribution in [2.75, 3.05) is 31.3 Å². The lowest BCUT2D eigenvalue weighted by molar-refractivity contribution is 0.170. The van der Waals surface area contributed by atoms with E-state index < -0.39 is 0 Å². The zero-order valence-corrected chi connectivity index (χ0v) is 9.82. The van der Waals surface area contributed by atoms with Gasteiger partial charge in [-0.25, -0.2) is 4.98 Å². The third-order valence-electron chi connectivity index (χ3n) is 2.20. The molecule has 0 unspecified atom stereocenters. The Morgan fingerprint density at radius 2 is 2.19 bits per heavy atom. The van der Waals surface area contributed by atoms with Crippen LogP contribution in [0.1, 0.15) is 13.8 Å². The van der Waals surface area contributed by atoms with Crippen molar-refractivity contribution in [3.63, 3.8) is 0 Å². The van der Waals surface area contributed by atoms with E-state index in [9.17, 15) is 0 Å². The standard InChI is InChI=1S/C10H18N4O2/c1-10(2,5-15)4-12-8-7(11)9(16-3)14-6-13-8/h6,15H,4-5,11H2,1-3H3,(H,12,13,14). The van der Waals surface area contributed by atoms with Gasteiger partial charge in [-0.15, -0.1) is 0 Å². The van der Waals surface area contributed by atoms with Gasteiger partial charge in [0.15, 0.2) is 5.82 Å². The van der Waals surface area contributed by atoms with Crippen LogP contribution < -0.4 is 15.8 Å². The summed E-state index contributed by atoms with van der Waals surface area (Å²) in [6, 6.07) is 0. The molecule has 6 heteroatoms. The summed E-state index contributed by atoms with van der Waals surface area (Å²) in [4.78, 5) is 7.89. The molecule has 1 heterocycles. The van der Waals surface area contributed by atoms with Gasteiger partial charge >= 0.3 is 0 Å². The largest absolute Gasteiger partial charge is 0.479 e. The predicted octanol–water partition coefficient (Wildman–Crippen LogP) is 0.498. The van der Waals surface area contributed by atoms with E-state index in [1.165, 1.54) is 13.4 Å². The summed E-state index contributed by atoms with van der Waals surface area (Å²) in [7, 11) is 1.50. The zero-order valence-electron chi connectivity index (χ0n) is 9.82. The molecule has 0 fully saturated rings. The Labute approximate surface area is 94.9 Å². The highest BCUT2D eigenvalue weighted by Crippen LogP contribution is 2.25. The van der Waals surface area contributed by atoms with Crippen LogP contribution in [0.2, 0.25) is 0 Å². The predicted molar refractivity (Wildman–Crippen MR) is 62.4 cm³/mol. The third kappa shape index (κ3) is 2.96. The molecule has 0 saturated carbocycles. The van der Waals surface area contributed by atoms with Gasteiger partial charge in [0, 0.05) is 18.6 Å². The molecule has 0 aliphatic rings. The monoisotopic (exact) mass is 226 g/mol. The molecule has 1 rings (SSSR count).